The molecular weight excluding hydrogens is 342 g/mol. The van der Waals surface area contributed by atoms with Crippen molar-refractivity contribution < 1.29 is 19.4 Å². The summed E-state index contributed by atoms with van der Waals surface area (Å²) in [5, 5.41) is 12.3. The normalized spacial score (nSPS) is 14.6. The number of ether oxygens (including phenoxy) is 1. The smallest absolute Gasteiger partial charge is 0.341 e. The second-order valence-corrected chi connectivity index (χ2v) is 6.64. The Labute approximate surface area is 150 Å². The summed E-state index contributed by atoms with van der Waals surface area (Å²) < 4.78 is 5.14. The van der Waals surface area contributed by atoms with E-state index in [1.165, 1.54) is 0 Å². The number of carboxylic acid groups (broad SMARTS) is 1. The summed E-state index contributed by atoms with van der Waals surface area (Å²) in [5.74, 6) is -0.623. The summed E-state index contributed by atoms with van der Waals surface area (Å²) in [6.07, 6.45) is 1.61. The lowest BCUT2D eigenvalue weighted by molar-refractivity contribution is -0.139. The second kappa shape index (κ2) is 6.76. The van der Waals surface area contributed by atoms with E-state index in [2.05, 4.69) is 5.32 Å². The van der Waals surface area contributed by atoms with Crippen molar-refractivity contribution in [3.63, 3.8) is 0 Å². The second-order valence-electron chi connectivity index (χ2n) is 6.20. The van der Waals surface area contributed by atoms with Gasteiger partial charge in [-0.1, -0.05) is 23.7 Å². The fourth-order valence-electron chi connectivity index (χ4n) is 2.79. The number of carbonyl (C=O) groups is 2. The number of carbonyl (C=O) groups excluding carboxylic acids is 1. The lowest BCUT2D eigenvalue weighted by Gasteiger charge is -2.17. The Morgan fingerprint density at radius 3 is 2.44 bits per heavy atom. The van der Waals surface area contributed by atoms with Gasteiger partial charge in [-0.2, -0.15) is 0 Å². The molecule has 0 unspecified atom stereocenters. The van der Waals surface area contributed by atoms with E-state index in [-0.39, 0.29) is 5.91 Å². The van der Waals surface area contributed by atoms with Gasteiger partial charge >= 0.3 is 5.97 Å². The number of hydrogen-bond acceptors (Lipinski definition) is 3. The molecule has 5 nitrogen and oxygen atoms in total. The maximum absolute atomic E-state index is 12.8. The first-order chi connectivity index (χ1) is 11.9. The van der Waals surface area contributed by atoms with Crippen LogP contribution in [-0.2, 0) is 15.0 Å². The van der Waals surface area contributed by atoms with Crippen molar-refractivity contribution >= 4 is 29.2 Å². The number of benzene rings is 2. The Morgan fingerprint density at radius 1 is 1.20 bits per heavy atom. The third-order valence-corrected chi connectivity index (χ3v) is 4.64. The molecule has 0 heterocycles. The number of aliphatic carboxylic acids is 1. The van der Waals surface area contributed by atoms with Gasteiger partial charge in [-0.05, 0) is 61.2 Å². The number of aryl methyl sites for hydroxylation is 1. The highest BCUT2D eigenvalue weighted by molar-refractivity contribution is 6.30. The minimum atomic E-state index is -1.03. The van der Waals surface area contributed by atoms with Gasteiger partial charge in [0.15, 0.2) is 6.61 Å². The van der Waals surface area contributed by atoms with Crippen molar-refractivity contribution in [1.82, 2.24) is 0 Å². The summed E-state index contributed by atoms with van der Waals surface area (Å²) in [4.78, 5) is 23.3. The SMILES string of the molecule is Cc1cc(OCC(=O)O)ccc1NC(=O)C1(c2ccc(Cl)cc2)CC1. The summed E-state index contributed by atoms with van der Waals surface area (Å²) >= 11 is 5.92. The van der Waals surface area contributed by atoms with Crippen molar-refractivity contribution in [2.24, 2.45) is 0 Å². The van der Waals surface area contributed by atoms with Gasteiger partial charge in [0, 0.05) is 10.7 Å². The number of hydrogen-bond donors (Lipinski definition) is 2. The molecule has 2 aromatic rings. The van der Waals surface area contributed by atoms with Crippen LogP contribution >= 0.6 is 11.6 Å². The summed E-state index contributed by atoms with van der Waals surface area (Å²) in [7, 11) is 0. The van der Waals surface area contributed by atoms with Crippen LogP contribution in [0.15, 0.2) is 42.5 Å². The summed E-state index contributed by atoms with van der Waals surface area (Å²) in [6.45, 7) is 1.44. The third-order valence-electron chi connectivity index (χ3n) is 4.39. The Bertz CT molecular complexity index is 813. The monoisotopic (exact) mass is 359 g/mol. The number of nitrogens with one attached hydrogen (secondary N) is 1. The van der Waals surface area contributed by atoms with Gasteiger partial charge in [0.1, 0.15) is 5.75 Å². The van der Waals surface area contributed by atoms with E-state index in [1.54, 1.807) is 30.3 Å². The number of carboxylic acids is 1. The number of halogens is 1. The molecular formula is C19H18ClNO4. The maximum atomic E-state index is 12.8. The molecule has 6 heteroatoms. The minimum absolute atomic E-state index is 0.0443. The predicted molar refractivity (Wildman–Crippen MR) is 95.3 cm³/mol. The first kappa shape index (κ1) is 17.3. The standard InChI is InChI=1S/C19H18ClNO4/c1-12-10-15(25-11-17(22)23)6-7-16(12)21-18(24)19(8-9-19)13-2-4-14(20)5-3-13/h2-7,10H,8-9,11H2,1H3,(H,21,24)(H,22,23). The van der Waals surface area contributed by atoms with Gasteiger partial charge in [0.05, 0.1) is 5.41 Å². The molecule has 0 bridgehead atoms. The largest absolute Gasteiger partial charge is 0.482 e. The van der Waals surface area contributed by atoms with Crippen LogP contribution in [0.5, 0.6) is 5.75 Å². The Kier molecular flexibility index (Phi) is 4.68. The van der Waals surface area contributed by atoms with Crippen molar-refractivity contribution in [2.75, 3.05) is 11.9 Å². The molecule has 1 aliphatic carbocycles. The van der Waals surface area contributed by atoms with Gasteiger partial charge in [-0.15, -0.1) is 0 Å². The van der Waals surface area contributed by atoms with Gasteiger partial charge in [0.2, 0.25) is 5.91 Å². The van der Waals surface area contributed by atoms with E-state index in [9.17, 15) is 9.59 Å². The lowest BCUT2D eigenvalue weighted by atomic mass is 9.95. The molecule has 0 spiro atoms. The first-order valence-electron chi connectivity index (χ1n) is 7.93. The molecule has 25 heavy (non-hydrogen) atoms. The van der Waals surface area contributed by atoms with Crippen molar-refractivity contribution in [3.8, 4) is 5.75 Å². The average Bonchev–Trinajstić information content (AvgIpc) is 3.37. The lowest BCUT2D eigenvalue weighted by Crippen LogP contribution is -2.28. The van der Waals surface area contributed by atoms with Crippen LogP contribution in [0.25, 0.3) is 0 Å². The van der Waals surface area contributed by atoms with Gasteiger partial charge in [-0.25, -0.2) is 4.79 Å². The first-order valence-corrected chi connectivity index (χ1v) is 8.31. The highest BCUT2D eigenvalue weighted by atomic mass is 35.5. The molecule has 0 aromatic heterocycles. The van der Waals surface area contributed by atoms with Crippen molar-refractivity contribution in [1.29, 1.82) is 0 Å². The van der Waals surface area contributed by atoms with E-state index < -0.39 is 18.0 Å². The minimum Gasteiger partial charge on any atom is -0.482 e. The fourth-order valence-corrected chi connectivity index (χ4v) is 2.92. The molecule has 3 rings (SSSR count). The molecule has 1 saturated carbocycles. The highest BCUT2D eigenvalue weighted by Crippen LogP contribution is 2.49. The zero-order valence-corrected chi connectivity index (χ0v) is 14.5. The molecule has 2 N–H and O–H groups in total. The Hall–Kier alpha value is -2.53. The molecule has 1 amide bonds. The average molecular weight is 360 g/mol. The zero-order valence-electron chi connectivity index (χ0n) is 13.7. The van der Waals surface area contributed by atoms with Crippen LogP contribution in [0.4, 0.5) is 5.69 Å². The van der Waals surface area contributed by atoms with E-state index in [4.69, 9.17) is 21.4 Å². The quantitative estimate of drug-likeness (QED) is 0.823. The predicted octanol–water partition coefficient (Wildman–Crippen LogP) is 3.78. The van der Waals surface area contributed by atoms with E-state index in [0.717, 1.165) is 24.0 Å². The molecule has 130 valence electrons. The molecule has 0 radical (unpaired) electrons. The maximum Gasteiger partial charge on any atom is 0.341 e. The Morgan fingerprint density at radius 2 is 1.88 bits per heavy atom. The molecule has 0 saturated heterocycles. The van der Waals surface area contributed by atoms with Gasteiger partial charge < -0.3 is 15.2 Å². The molecule has 1 fully saturated rings. The molecule has 0 atom stereocenters. The van der Waals surface area contributed by atoms with Crippen LogP contribution in [0.3, 0.4) is 0 Å². The zero-order chi connectivity index (χ0) is 18.0. The third kappa shape index (κ3) is 3.77. The number of anilines is 1. The number of amides is 1. The van der Waals surface area contributed by atoms with Crippen molar-refractivity contribution in [2.45, 2.75) is 25.2 Å². The summed E-state index contributed by atoms with van der Waals surface area (Å²) in [5.41, 5.74) is 1.97. The van der Waals surface area contributed by atoms with Crippen LogP contribution in [0.1, 0.15) is 24.0 Å². The van der Waals surface area contributed by atoms with Crippen molar-refractivity contribution in [3.05, 3.63) is 58.6 Å². The highest BCUT2D eigenvalue weighted by Gasteiger charge is 2.51. The molecule has 1 aliphatic rings. The Balaban J connectivity index is 1.72. The van der Waals surface area contributed by atoms with E-state index >= 15 is 0 Å². The number of rotatable bonds is 6. The van der Waals surface area contributed by atoms with Gasteiger partial charge in [-0.3, -0.25) is 4.79 Å². The fraction of sp³-hybridized carbons (Fsp3) is 0.263. The molecule has 2 aromatic carbocycles. The van der Waals surface area contributed by atoms with Crippen LogP contribution in [0.2, 0.25) is 5.02 Å². The van der Waals surface area contributed by atoms with Crippen LogP contribution in [0, 0.1) is 6.92 Å². The van der Waals surface area contributed by atoms with E-state index in [0.29, 0.717) is 16.5 Å². The summed E-state index contributed by atoms with van der Waals surface area (Å²) in [6, 6.07) is 12.5. The van der Waals surface area contributed by atoms with Crippen LogP contribution in [-0.4, -0.2) is 23.6 Å². The van der Waals surface area contributed by atoms with Crippen LogP contribution < -0.4 is 10.1 Å². The van der Waals surface area contributed by atoms with E-state index in [1.807, 2.05) is 19.1 Å². The molecule has 0 aliphatic heterocycles. The topological polar surface area (TPSA) is 75.6 Å². The van der Waals surface area contributed by atoms with Gasteiger partial charge in [0.25, 0.3) is 0 Å².